The number of carbonyl (C=O) groups is 3. The fraction of sp³-hybridized carbons (Fsp3) is 0.400. The summed E-state index contributed by atoms with van der Waals surface area (Å²) in [7, 11) is 0. The van der Waals surface area contributed by atoms with Gasteiger partial charge in [-0.2, -0.15) is 5.01 Å². The molecule has 0 aromatic carbocycles. The molecule has 1 fully saturated rings. The number of imide groups is 1. The van der Waals surface area contributed by atoms with Gasteiger partial charge in [-0.25, -0.2) is 9.78 Å². The molecule has 0 spiro atoms. The Balaban J connectivity index is 1.51. The highest BCUT2D eigenvalue weighted by atomic mass is 32.2. The number of urea groups is 1. The Kier molecular flexibility index (Phi) is 5.28. The molecule has 3 rings (SSSR count). The Bertz CT molecular complexity index is 821. The van der Waals surface area contributed by atoms with E-state index in [0.717, 1.165) is 21.6 Å². The molecular weight excluding hydrogens is 376 g/mol. The molecule has 1 aliphatic rings. The van der Waals surface area contributed by atoms with E-state index in [1.165, 1.54) is 0 Å². The van der Waals surface area contributed by atoms with Crippen molar-refractivity contribution in [2.24, 2.45) is 0 Å². The number of thiophene rings is 1. The van der Waals surface area contributed by atoms with Crippen LogP contribution in [0.5, 0.6) is 0 Å². The summed E-state index contributed by atoms with van der Waals surface area (Å²) >= 11 is 2.75. The Labute approximate surface area is 157 Å². The van der Waals surface area contributed by atoms with Crippen LogP contribution < -0.4 is 10.7 Å². The van der Waals surface area contributed by atoms with Crippen LogP contribution in [0.3, 0.4) is 0 Å². The second kappa shape index (κ2) is 7.46. The standard InChI is InChI=1S/C15H18N6O3S2/c1-3-15(2)12(23)21(14(24)17-15)20-11(22)8-26-13-16-10(18-19-13)7-9-5-4-6-25-9/h4-6H,3,7-8H2,1-2H3,(H,17,24)(H,20,22)(H,16,18,19). The van der Waals surface area contributed by atoms with Gasteiger partial charge in [0.15, 0.2) is 0 Å². The molecule has 11 heteroatoms. The maximum absolute atomic E-state index is 12.2. The van der Waals surface area contributed by atoms with Gasteiger partial charge in [-0.05, 0) is 24.8 Å². The monoisotopic (exact) mass is 394 g/mol. The third-order valence-electron chi connectivity index (χ3n) is 3.97. The third kappa shape index (κ3) is 3.88. The summed E-state index contributed by atoms with van der Waals surface area (Å²) in [5, 5.41) is 12.6. The number of aromatic nitrogens is 3. The number of H-pyrrole nitrogens is 1. The molecule has 26 heavy (non-hydrogen) atoms. The van der Waals surface area contributed by atoms with Gasteiger partial charge in [0.2, 0.25) is 11.1 Å². The molecule has 1 unspecified atom stereocenters. The van der Waals surface area contributed by atoms with Gasteiger partial charge >= 0.3 is 6.03 Å². The van der Waals surface area contributed by atoms with E-state index in [0.29, 0.717) is 23.8 Å². The largest absolute Gasteiger partial charge is 0.344 e. The zero-order chi connectivity index (χ0) is 18.7. The molecule has 3 N–H and O–H groups in total. The lowest BCUT2D eigenvalue weighted by Gasteiger charge is -2.19. The van der Waals surface area contributed by atoms with Gasteiger partial charge in [-0.3, -0.25) is 20.1 Å². The van der Waals surface area contributed by atoms with E-state index in [4.69, 9.17) is 0 Å². The van der Waals surface area contributed by atoms with Crippen LogP contribution in [0.1, 0.15) is 31.0 Å². The highest BCUT2D eigenvalue weighted by Crippen LogP contribution is 2.20. The van der Waals surface area contributed by atoms with Gasteiger partial charge in [-0.1, -0.05) is 24.8 Å². The van der Waals surface area contributed by atoms with E-state index in [2.05, 4.69) is 25.9 Å². The van der Waals surface area contributed by atoms with Crippen molar-refractivity contribution in [2.75, 3.05) is 5.75 Å². The first kappa shape index (κ1) is 18.4. The summed E-state index contributed by atoms with van der Waals surface area (Å²) in [6, 6.07) is 3.35. The molecule has 1 aliphatic heterocycles. The Hall–Kier alpha value is -2.40. The van der Waals surface area contributed by atoms with E-state index in [-0.39, 0.29) is 5.75 Å². The first-order valence-electron chi connectivity index (χ1n) is 7.94. The second-order valence-electron chi connectivity index (χ2n) is 5.90. The Morgan fingerprint density at radius 2 is 2.27 bits per heavy atom. The maximum Gasteiger partial charge on any atom is 0.344 e. The summed E-state index contributed by atoms with van der Waals surface area (Å²) in [4.78, 5) is 41.6. The Morgan fingerprint density at radius 3 is 2.92 bits per heavy atom. The summed E-state index contributed by atoms with van der Waals surface area (Å²) in [5.41, 5.74) is 1.34. The van der Waals surface area contributed by atoms with Crippen molar-refractivity contribution < 1.29 is 14.4 Å². The number of aromatic amines is 1. The molecule has 0 radical (unpaired) electrons. The van der Waals surface area contributed by atoms with Crippen LogP contribution in [0.25, 0.3) is 0 Å². The molecule has 2 aromatic heterocycles. The normalized spacial score (nSPS) is 19.7. The van der Waals surface area contributed by atoms with Crippen molar-refractivity contribution >= 4 is 40.9 Å². The molecule has 0 saturated carbocycles. The number of rotatable bonds is 7. The van der Waals surface area contributed by atoms with Crippen LogP contribution in [-0.4, -0.2) is 49.3 Å². The van der Waals surface area contributed by atoms with Crippen molar-refractivity contribution in [1.29, 1.82) is 0 Å². The fourth-order valence-corrected chi connectivity index (χ4v) is 3.63. The number of hydrogen-bond acceptors (Lipinski definition) is 7. The molecule has 0 bridgehead atoms. The van der Waals surface area contributed by atoms with Crippen LogP contribution in [0.4, 0.5) is 4.79 Å². The van der Waals surface area contributed by atoms with E-state index in [1.54, 1.807) is 25.2 Å². The van der Waals surface area contributed by atoms with Gasteiger partial charge in [0.1, 0.15) is 11.4 Å². The fourth-order valence-electron chi connectivity index (χ4n) is 2.31. The first-order chi connectivity index (χ1) is 12.4. The summed E-state index contributed by atoms with van der Waals surface area (Å²) in [6.45, 7) is 3.41. The quantitative estimate of drug-likeness (QED) is 0.481. The minimum Gasteiger partial charge on any atom is -0.322 e. The number of thioether (sulfide) groups is 1. The number of amides is 4. The number of carbonyl (C=O) groups excluding carboxylic acids is 3. The minimum absolute atomic E-state index is 0.0177. The van der Waals surface area contributed by atoms with Gasteiger partial charge in [0.25, 0.3) is 5.91 Å². The number of nitrogens with zero attached hydrogens (tertiary/aromatic N) is 3. The lowest BCUT2D eigenvalue weighted by molar-refractivity contribution is -0.137. The molecule has 2 aromatic rings. The topological polar surface area (TPSA) is 120 Å². The predicted octanol–water partition coefficient (Wildman–Crippen LogP) is 1.30. The molecular formula is C15H18N6O3S2. The van der Waals surface area contributed by atoms with Crippen molar-refractivity contribution in [3.63, 3.8) is 0 Å². The average molecular weight is 394 g/mol. The zero-order valence-electron chi connectivity index (χ0n) is 14.2. The van der Waals surface area contributed by atoms with Crippen molar-refractivity contribution in [2.45, 2.75) is 37.4 Å². The summed E-state index contributed by atoms with van der Waals surface area (Å²) in [5.74, 6) is -0.262. The zero-order valence-corrected chi connectivity index (χ0v) is 15.9. The van der Waals surface area contributed by atoms with Gasteiger partial charge < -0.3 is 5.32 Å². The van der Waals surface area contributed by atoms with Gasteiger partial charge in [-0.15, -0.1) is 16.4 Å². The Morgan fingerprint density at radius 1 is 1.46 bits per heavy atom. The van der Waals surface area contributed by atoms with Crippen LogP contribution >= 0.6 is 23.1 Å². The number of hydrogen-bond donors (Lipinski definition) is 3. The van der Waals surface area contributed by atoms with E-state index < -0.39 is 23.4 Å². The van der Waals surface area contributed by atoms with Crippen LogP contribution in [-0.2, 0) is 16.0 Å². The smallest absolute Gasteiger partial charge is 0.322 e. The van der Waals surface area contributed by atoms with Crippen molar-refractivity contribution in [3.8, 4) is 0 Å². The first-order valence-corrected chi connectivity index (χ1v) is 9.80. The molecule has 3 heterocycles. The molecule has 1 saturated heterocycles. The van der Waals surface area contributed by atoms with E-state index in [1.807, 2.05) is 17.5 Å². The summed E-state index contributed by atoms with van der Waals surface area (Å²) in [6.07, 6.45) is 1.08. The van der Waals surface area contributed by atoms with E-state index in [9.17, 15) is 14.4 Å². The maximum atomic E-state index is 12.2. The number of nitrogens with one attached hydrogen (secondary N) is 3. The lowest BCUT2D eigenvalue weighted by atomic mass is 10.00. The van der Waals surface area contributed by atoms with Gasteiger partial charge in [0.05, 0.1) is 5.75 Å². The molecule has 9 nitrogen and oxygen atoms in total. The predicted molar refractivity (Wildman–Crippen MR) is 96.4 cm³/mol. The van der Waals surface area contributed by atoms with Crippen molar-refractivity contribution in [1.82, 2.24) is 30.9 Å². The molecule has 0 aliphatic carbocycles. The highest BCUT2D eigenvalue weighted by Gasteiger charge is 2.47. The molecule has 4 amide bonds. The van der Waals surface area contributed by atoms with Gasteiger partial charge in [0, 0.05) is 11.3 Å². The summed E-state index contributed by atoms with van der Waals surface area (Å²) < 4.78 is 0. The molecule has 138 valence electrons. The third-order valence-corrected chi connectivity index (χ3v) is 5.69. The SMILES string of the molecule is CCC1(C)NC(=O)N(NC(=O)CSc2n[nH]c(Cc3cccs3)n2)C1=O. The van der Waals surface area contributed by atoms with Crippen molar-refractivity contribution in [3.05, 3.63) is 28.2 Å². The minimum atomic E-state index is -0.988. The van der Waals surface area contributed by atoms with Crippen LogP contribution in [0, 0.1) is 0 Å². The average Bonchev–Trinajstić information content (AvgIpc) is 3.32. The second-order valence-corrected chi connectivity index (χ2v) is 7.88. The highest BCUT2D eigenvalue weighted by molar-refractivity contribution is 7.99. The van der Waals surface area contributed by atoms with Crippen LogP contribution in [0.2, 0.25) is 0 Å². The lowest BCUT2D eigenvalue weighted by Crippen LogP contribution is -2.49. The molecule has 1 atom stereocenters. The number of hydrazine groups is 1. The van der Waals surface area contributed by atoms with Crippen LogP contribution in [0.15, 0.2) is 22.7 Å². The van der Waals surface area contributed by atoms with E-state index >= 15 is 0 Å².